The van der Waals surface area contributed by atoms with E-state index >= 15 is 0 Å². The summed E-state index contributed by atoms with van der Waals surface area (Å²) >= 11 is 0. The SMILES string of the molecule is CC(C)(C)S(=O)(=O)N[C@H]1CC[C@H](CNc2ccc(S(=O)(=O)N3CCCCC3)cc2)CC1. The van der Waals surface area contributed by atoms with Gasteiger partial charge in [-0.3, -0.25) is 0 Å². The van der Waals surface area contributed by atoms with Gasteiger partial charge < -0.3 is 5.32 Å². The van der Waals surface area contributed by atoms with Crippen LogP contribution >= 0.6 is 0 Å². The quantitative estimate of drug-likeness (QED) is 0.634. The van der Waals surface area contributed by atoms with E-state index in [0.29, 0.717) is 23.9 Å². The predicted molar refractivity (Wildman–Crippen MR) is 125 cm³/mol. The number of nitrogens with zero attached hydrogens (tertiary/aromatic N) is 1. The first-order chi connectivity index (χ1) is 14.5. The van der Waals surface area contributed by atoms with E-state index in [-0.39, 0.29) is 6.04 Å². The second-order valence-electron chi connectivity index (χ2n) is 9.82. The molecule has 176 valence electrons. The summed E-state index contributed by atoms with van der Waals surface area (Å²) in [6, 6.07) is 7.05. The molecule has 7 nitrogen and oxygen atoms in total. The number of piperidine rings is 1. The minimum absolute atomic E-state index is 0.0137. The monoisotopic (exact) mass is 471 g/mol. The Morgan fingerprint density at radius 1 is 0.903 bits per heavy atom. The molecule has 1 heterocycles. The van der Waals surface area contributed by atoms with Crippen molar-refractivity contribution in [2.75, 3.05) is 25.0 Å². The lowest BCUT2D eigenvalue weighted by Gasteiger charge is -2.31. The van der Waals surface area contributed by atoms with E-state index in [2.05, 4.69) is 10.0 Å². The number of hydrogen-bond acceptors (Lipinski definition) is 5. The third-order valence-electron chi connectivity index (χ3n) is 6.38. The fourth-order valence-corrected chi connectivity index (χ4v) is 6.69. The van der Waals surface area contributed by atoms with Crippen LogP contribution in [0.5, 0.6) is 0 Å². The first-order valence-electron chi connectivity index (χ1n) is 11.3. The van der Waals surface area contributed by atoms with Gasteiger partial charge in [-0.05, 0) is 89.5 Å². The van der Waals surface area contributed by atoms with Crippen molar-refractivity contribution in [1.29, 1.82) is 0 Å². The Balaban J connectivity index is 1.47. The highest BCUT2D eigenvalue weighted by atomic mass is 32.2. The van der Waals surface area contributed by atoms with Crippen molar-refractivity contribution in [1.82, 2.24) is 9.03 Å². The number of rotatable bonds is 7. The molecule has 1 saturated heterocycles. The van der Waals surface area contributed by atoms with E-state index in [9.17, 15) is 16.8 Å². The van der Waals surface area contributed by atoms with Crippen molar-refractivity contribution < 1.29 is 16.8 Å². The second-order valence-corrected chi connectivity index (χ2v) is 14.2. The fourth-order valence-electron chi connectivity index (χ4n) is 4.14. The van der Waals surface area contributed by atoms with Crippen LogP contribution in [-0.2, 0) is 20.0 Å². The van der Waals surface area contributed by atoms with Crippen molar-refractivity contribution in [2.24, 2.45) is 5.92 Å². The highest BCUT2D eigenvalue weighted by Gasteiger charge is 2.32. The summed E-state index contributed by atoms with van der Waals surface area (Å²) in [6.07, 6.45) is 6.57. The zero-order valence-electron chi connectivity index (χ0n) is 18.9. The van der Waals surface area contributed by atoms with Crippen LogP contribution < -0.4 is 10.0 Å². The minimum atomic E-state index is -3.40. The maximum Gasteiger partial charge on any atom is 0.243 e. The highest BCUT2D eigenvalue weighted by Crippen LogP contribution is 2.27. The lowest BCUT2D eigenvalue weighted by atomic mass is 9.86. The van der Waals surface area contributed by atoms with Gasteiger partial charge in [-0.1, -0.05) is 6.42 Å². The molecule has 31 heavy (non-hydrogen) atoms. The lowest BCUT2D eigenvalue weighted by molar-refractivity contribution is 0.322. The number of anilines is 1. The Morgan fingerprint density at radius 3 is 2.03 bits per heavy atom. The van der Waals surface area contributed by atoms with Crippen molar-refractivity contribution in [3.8, 4) is 0 Å². The van der Waals surface area contributed by atoms with E-state index in [0.717, 1.165) is 57.2 Å². The third kappa shape index (κ3) is 6.21. The van der Waals surface area contributed by atoms with Crippen LogP contribution in [0, 0.1) is 5.92 Å². The molecule has 1 aliphatic heterocycles. The molecule has 0 amide bonds. The Kier molecular flexibility index (Phi) is 7.71. The summed E-state index contributed by atoms with van der Waals surface area (Å²) in [5.74, 6) is 0.479. The molecule has 1 aromatic carbocycles. The zero-order chi connectivity index (χ0) is 22.7. The molecule has 9 heteroatoms. The number of hydrogen-bond donors (Lipinski definition) is 2. The van der Waals surface area contributed by atoms with Crippen LogP contribution in [0.4, 0.5) is 5.69 Å². The van der Waals surface area contributed by atoms with Gasteiger partial charge in [0.15, 0.2) is 0 Å². The van der Waals surface area contributed by atoms with Gasteiger partial charge in [-0.2, -0.15) is 4.31 Å². The molecule has 0 bridgehead atoms. The minimum Gasteiger partial charge on any atom is -0.385 e. The molecule has 0 spiro atoms. The topological polar surface area (TPSA) is 95.6 Å². The summed E-state index contributed by atoms with van der Waals surface area (Å²) in [5.41, 5.74) is 0.910. The summed E-state index contributed by atoms with van der Waals surface area (Å²) in [7, 11) is -6.71. The van der Waals surface area contributed by atoms with Gasteiger partial charge in [0.2, 0.25) is 20.0 Å². The molecule has 1 aliphatic carbocycles. The summed E-state index contributed by atoms with van der Waals surface area (Å²) < 4.78 is 53.9. The highest BCUT2D eigenvalue weighted by molar-refractivity contribution is 7.90. The first-order valence-corrected chi connectivity index (χ1v) is 14.3. The van der Waals surface area contributed by atoms with Crippen LogP contribution in [0.2, 0.25) is 0 Å². The summed E-state index contributed by atoms with van der Waals surface area (Å²) in [4.78, 5) is 0.353. The zero-order valence-corrected chi connectivity index (χ0v) is 20.6. The average Bonchev–Trinajstić information content (AvgIpc) is 2.73. The second kappa shape index (κ2) is 9.77. The molecule has 0 unspecified atom stereocenters. The summed E-state index contributed by atoms with van der Waals surface area (Å²) in [6.45, 7) is 7.17. The first kappa shape index (κ1) is 24.5. The van der Waals surface area contributed by atoms with E-state index < -0.39 is 24.8 Å². The van der Waals surface area contributed by atoms with Crippen LogP contribution in [0.1, 0.15) is 65.7 Å². The Bertz CT molecular complexity index is 924. The number of nitrogens with one attached hydrogen (secondary N) is 2. The van der Waals surface area contributed by atoms with Crippen molar-refractivity contribution in [3.63, 3.8) is 0 Å². The van der Waals surface area contributed by atoms with Gasteiger partial charge in [0.1, 0.15) is 0 Å². The smallest absolute Gasteiger partial charge is 0.243 e. The molecule has 0 radical (unpaired) electrons. The van der Waals surface area contributed by atoms with Gasteiger partial charge >= 0.3 is 0 Å². The molecule has 1 saturated carbocycles. The van der Waals surface area contributed by atoms with Crippen LogP contribution in [0.3, 0.4) is 0 Å². The predicted octanol–water partition coefficient (Wildman–Crippen LogP) is 3.55. The number of benzene rings is 1. The van der Waals surface area contributed by atoms with Gasteiger partial charge in [0.25, 0.3) is 0 Å². The largest absolute Gasteiger partial charge is 0.385 e. The molecule has 2 fully saturated rings. The average molecular weight is 472 g/mol. The fraction of sp³-hybridized carbons (Fsp3) is 0.727. The van der Waals surface area contributed by atoms with Gasteiger partial charge in [-0.15, -0.1) is 0 Å². The van der Waals surface area contributed by atoms with E-state index in [1.54, 1.807) is 37.2 Å². The maximum absolute atomic E-state index is 12.8. The molecule has 0 atom stereocenters. The van der Waals surface area contributed by atoms with E-state index in [4.69, 9.17) is 0 Å². The van der Waals surface area contributed by atoms with Crippen molar-refractivity contribution >= 4 is 25.7 Å². The Morgan fingerprint density at radius 2 is 1.48 bits per heavy atom. The Hall–Kier alpha value is -1.16. The molecule has 2 aliphatic rings. The molecular formula is C22H37N3O4S2. The van der Waals surface area contributed by atoms with Crippen LogP contribution in [0.25, 0.3) is 0 Å². The molecular weight excluding hydrogens is 434 g/mol. The molecule has 0 aromatic heterocycles. The van der Waals surface area contributed by atoms with E-state index in [1.165, 1.54) is 0 Å². The summed E-state index contributed by atoms with van der Waals surface area (Å²) in [5, 5.41) is 3.41. The molecule has 2 N–H and O–H groups in total. The van der Waals surface area contributed by atoms with E-state index in [1.807, 2.05) is 12.1 Å². The van der Waals surface area contributed by atoms with Crippen molar-refractivity contribution in [2.45, 2.75) is 81.4 Å². The van der Waals surface area contributed by atoms with Gasteiger partial charge in [0, 0.05) is 31.4 Å². The van der Waals surface area contributed by atoms with Gasteiger partial charge in [0.05, 0.1) is 9.64 Å². The normalized spacial score (nSPS) is 24.1. The van der Waals surface area contributed by atoms with Gasteiger partial charge in [-0.25, -0.2) is 21.6 Å². The molecule has 1 aromatic rings. The number of sulfonamides is 2. The third-order valence-corrected chi connectivity index (χ3v) is 10.5. The Labute approximate surface area is 188 Å². The molecule has 3 rings (SSSR count). The lowest BCUT2D eigenvalue weighted by Crippen LogP contribution is -2.46. The van der Waals surface area contributed by atoms with Crippen LogP contribution in [-0.4, -0.2) is 51.6 Å². The van der Waals surface area contributed by atoms with Crippen molar-refractivity contribution in [3.05, 3.63) is 24.3 Å². The standard InChI is InChI=1S/C22H37N3O4S2/c1-22(2,3)31(28,29)24-20-9-7-18(8-10-20)17-23-19-11-13-21(14-12-19)30(26,27)25-15-5-4-6-16-25/h11-14,18,20,23-24H,4-10,15-17H2,1-3H3/t18-,20-. The maximum atomic E-state index is 12.8. The van der Waals surface area contributed by atoms with Crippen LogP contribution in [0.15, 0.2) is 29.2 Å².